The summed E-state index contributed by atoms with van der Waals surface area (Å²) in [6.45, 7) is 1.30. The Morgan fingerprint density at radius 1 is 1.27 bits per heavy atom. The van der Waals surface area contributed by atoms with Gasteiger partial charge in [-0.05, 0) is 25.0 Å². The minimum atomic E-state index is -4.34. The zero-order valence-corrected chi connectivity index (χ0v) is 11.8. The van der Waals surface area contributed by atoms with Crippen LogP contribution in [-0.2, 0) is 10.2 Å². The molecule has 116 valence electrons. The molecule has 22 heavy (non-hydrogen) atoms. The van der Waals surface area contributed by atoms with E-state index in [-0.39, 0.29) is 30.3 Å². The number of benzene rings is 1. The number of para-hydroxylation sites is 1. The molecule has 1 amide bonds. The van der Waals surface area contributed by atoms with E-state index < -0.39 is 11.6 Å². The van der Waals surface area contributed by atoms with Crippen molar-refractivity contribution < 1.29 is 18.0 Å². The predicted octanol–water partition coefficient (Wildman–Crippen LogP) is 3.42. The Morgan fingerprint density at radius 3 is 2.41 bits per heavy atom. The zero-order chi connectivity index (χ0) is 16.0. The van der Waals surface area contributed by atoms with Gasteiger partial charge < -0.3 is 5.32 Å². The van der Waals surface area contributed by atoms with Crippen molar-refractivity contribution in [3.05, 3.63) is 42.1 Å². The first kappa shape index (κ1) is 14.6. The van der Waals surface area contributed by atoms with E-state index in [1.165, 1.54) is 17.7 Å². The topological polar surface area (TPSA) is 46.9 Å². The number of alkyl halides is 3. The lowest BCUT2D eigenvalue weighted by Gasteiger charge is -2.16. The van der Waals surface area contributed by atoms with Gasteiger partial charge in [0, 0.05) is 13.0 Å². The number of carbonyl (C=O) groups excluding carboxylic acids is 1. The van der Waals surface area contributed by atoms with Gasteiger partial charge in [-0.15, -0.1) is 0 Å². The van der Waals surface area contributed by atoms with Gasteiger partial charge in [0.25, 0.3) is 0 Å². The Labute approximate surface area is 124 Å². The van der Waals surface area contributed by atoms with Crippen molar-refractivity contribution in [2.75, 3.05) is 5.32 Å². The van der Waals surface area contributed by atoms with Crippen LogP contribution in [0.1, 0.15) is 25.5 Å². The van der Waals surface area contributed by atoms with Crippen LogP contribution in [0.25, 0.3) is 5.69 Å². The van der Waals surface area contributed by atoms with Gasteiger partial charge in [0.15, 0.2) is 0 Å². The van der Waals surface area contributed by atoms with Gasteiger partial charge >= 0.3 is 6.18 Å². The van der Waals surface area contributed by atoms with Gasteiger partial charge in [-0.25, -0.2) is 4.68 Å². The number of nitrogens with zero attached hydrogens (tertiary/aromatic N) is 2. The van der Waals surface area contributed by atoms with E-state index in [4.69, 9.17) is 0 Å². The number of hydrogen-bond acceptors (Lipinski definition) is 2. The molecule has 0 aliphatic heterocycles. The van der Waals surface area contributed by atoms with Gasteiger partial charge in [-0.3, -0.25) is 4.79 Å². The summed E-state index contributed by atoms with van der Waals surface area (Å²) in [6.07, 6.45) is -4.28. The molecule has 1 aromatic carbocycles. The van der Waals surface area contributed by atoms with Crippen molar-refractivity contribution in [2.45, 2.75) is 31.4 Å². The molecule has 0 saturated heterocycles. The first-order valence-electron chi connectivity index (χ1n) is 6.84. The van der Waals surface area contributed by atoms with E-state index >= 15 is 0 Å². The molecule has 7 heteroatoms. The molecule has 3 rings (SSSR count). The van der Waals surface area contributed by atoms with Crippen LogP contribution in [0.15, 0.2) is 36.4 Å². The van der Waals surface area contributed by atoms with Crippen LogP contribution in [0.2, 0.25) is 0 Å². The van der Waals surface area contributed by atoms with Crippen molar-refractivity contribution in [1.82, 2.24) is 9.78 Å². The SMILES string of the molecule is CC(=O)Nc1cc(C2(C(F)(F)F)CC2)nn1-c1ccccc1. The fraction of sp³-hybridized carbons (Fsp3) is 0.333. The highest BCUT2D eigenvalue weighted by molar-refractivity contribution is 5.88. The Kier molecular flexibility index (Phi) is 3.23. The van der Waals surface area contributed by atoms with Gasteiger partial charge in [0.2, 0.25) is 5.91 Å². The predicted molar refractivity (Wildman–Crippen MR) is 74.8 cm³/mol. The molecular formula is C15H14F3N3O. The zero-order valence-electron chi connectivity index (χ0n) is 11.8. The standard InChI is InChI=1S/C15H14F3N3O/c1-10(22)19-13-9-12(14(7-8-14)15(16,17)18)20-21(13)11-5-3-2-4-6-11/h2-6,9H,7-8H2,1H3,(H,19,22). The van der Waals surface area contributed by atoms with Crippen LogP contribution in [0.3, 0.4) is 0 Å². The number of rotatable bonds is 3. The number of hydrogen-bond donors (Lipinski definition) is 1. The monoisotopic (exact) mass is 309 g/mol. The number of nitrogens with one attached hydrogen (secondary N) is 1. The Balaban J connectivity index is 2.08. The maximum Gasteiger partial charge on any atom is 0.400 e. The van der Waals surface area contributed by atoms with Crippen molar-refractivity contribution in [1.29, 1.82) is 0 Å². The molecule has 0 atom stereocenters. The highest BCUT2D eigenvalue weighted by Crippen LogP contribution is 2.58. The third kappa shape index (κ3) is 2.36. The lowest BCUT2D eigenvalue weighted by molar-refractivity contribution is -0.161. The fourth-order valence-electron chi connectivity index (χ4n) is 2.46. The van der Waals surface area contributed by atoms with Gasteiger partial charge in [0.1, 0.15) is 11.2 Å². The van der Waals surface area contributed by atoms with Crippen LogP contribution in [0.4, 0.5) is 19.0 Å². The van der Waals surface area contributed by atoms with Gasteiger partial charge in [0.05, 0.1) is 11.4 Å². The molecule has 1 N–H and O–H groups in total. The number of halogens is 3. The highest BCUT2D eigenvalue weighted by atomic mass is 19.4. The Hall–Kier alpha value is -2.31. The molecular weight excluding hydrogens is 295 g/mol. The lowest BCUT2D eigenvalue weighted by Crippen LogP contribution is -2.29. The maximum atomic E-state index is 13.3. The fourth-order valence-corrected chi connectivity index (χ4v) is 2.46. The Morgan fingerprint density at radius 2 is 1.91 bits per heavy atom. The number of aromatic nitrogens is 2. The second kappa shape index (κ2) is 4.86. The summed E-state index contributed by atoms with van der Waals surface area (Å²) < 4.78 is 41.1. The maximum absolute atomic E-state index is 13.3. The van der Waals surface area contributed by atoms with Crippen LogP contribution in [0, 0.1) is 0 Å². The second-order valence-electron chi connectivity index (χ2n) is 5.42. The molecule has 0 radical (unpaired) electrons. The van der Waals surface area contributed by atoms with Crippen LogP contribution in [-0.4, -0.2) is 21.9 Å². The van der Waals surface area contributed by atoms with E-state index in [9.17, 15) is 18.0 Å². The summed E-state index contributed by atoms with van der Waals surface area (Å²) in [5.74, 6) is -0.121. The molecule has 1 saturated carbocycles. The molecule has 1 aliphatic carbocycles. The molecule has 0 spiro atoms. The van der Waals surface area contributed by atoms with Crippen molar-refractivity contribution in [3.63, 3.8) is 0 Å². The summed E-state index contributed by atoms with van der Waals surface area (Å²) in [6, 6.07) is 10.1. The summed E-state index contributed by atoms with van der Waals surface area (Å²) in [5, 5.41) is 6.65. The first-order chi connectivity index (χ1) is 10.3. The smallest absolute Gasteiger partial charge is 0.311 e. The van der Waals surface area contributed by atoms with E-state index in [1.807, 2.05) is 0 Å². The van der Waals surface area contributed by atoms with E-state index in [2.05, 4.69) is 10.4 Å². The number of amides is 1. The molecule has 1 heterocycles. The van der Waals surface area contributed by atoms with Crippen molar-refractivity contribution in [3.8, 4) is 5.69 Å². The number of anilines is 1. The van der Waals surface area contributed by atoms with Crippen LogP contribution in [0.5, 0.6) is 0 Å². The Bertz CT molecular complexity index is 703. The summed E-state index contributed by atoms with van der Waals surface area (Å²) >= 11 is 0. The third-order valence-corrected chi connectivity index (χ3v) is 3.80. The molecule has 1 fully saturated rings. The highest BCUT2D eigenvalue weighted by Gasteiger charge is 2.65. The largest absolute Gasteiger partial charge is 0.400 e. The van der Waals surface area contributed by atoms with E-state index in [0.29, 0.717) is 5.69 Å². The van der Waals surface area contributed by atoms with E-state index in [1.54, 1.807) is 30.3 Å². The normalized spacial score (nSPS) is 16.4. The van der Waals surface area contributed by atoms with E-state index in [0.717, 1.165) is 0 Å². The molecule has 1 aromatic heterocycles. The number of carbonyl (C=O) groups is 1. The average molecular weight is 309 g/mol. The molecule has 0 unspecified atom stereocenters. The first-order valence-corrected chi connectivity index (χ1v) is 6.84. The lowest BCUT2D eigenvalue weighted by atomic mass is 10.0. The molecule has 1 aliphatic rings. The second-order valence-corrected chi connectivity index (χ2v) is 5.42. The third-order valence-electron chi connectivity index (χ3n) is 3.80. The quantitative estimate of drug-likeness (QED) is 0.944. The minimum absolute atomic E-state index is 0.0296. The molecule has 0 bridgehead atoms. The van der Waals surface area contributed by atoms with Gasteiger partial charge in [-0.2, -0.15) is 18.3 Å². The summed E-state index contributed by atoms with van der Waals surface area (Å²) in [7, 11) is 0. The average Bonchev–Trinajstić information content (AvgIpc) is 3.16. The van der Waals surface area contributed by atoms with Gasteiger partial charge in [-0.1, -0.05) is 18.2 Å². The summed E-state index contributed by atoms with van der Waals surface area (Å²) in [5.41, 5.74) is -1.33. The van der Waals surface area contributed by atoms with Crippen LogP contribution >= 0.6 is 0 Å². The van der Waals surface area contributed by atoms with Crippen LogP contribution < -0.4 is 5.32 Å². The molecule has 2 aromatic rings. The molecule has 4 nitrogen and oxygen atoms in total. The minimum Gasteiger partial charge on any atom is -0.311 e. The summed E-state index contributed by atoms with van der Waals surface area (Å²) in [4.78, 5) is 11.3. The van der Waals surface area contributed by atoms with Crippen molar-refractivity contribution >= 4 is 11.7 Å². The van der Waals surface area contributed by atoms with Crippen molar-refractivity contribution in [2.24, 2.45) is 0 Å².